The molecule has 0 aromatic heterocycles. The maximum absolute atomic E-state index is 12.7. The van der Waals surface area contributed by atoms with Gasteiger partial charge in [-0.05, 0) is 62.3 Å². The summed E-state index contributed by atoms with van der Waals surface area (Å²) in [6, 6.07) is 6.21. The van der Waals surface area contributed by atoms with Crippen LogP contribution in [-0.4, -0.2) is 37.4 Å². The zero-order chi connectivity index (χ0) is 20.0. The van der Waals surface area contributed by atoms with E-state index < -0.39 is 10.0 Å². The van der Waals surface area contributed by atoms with E-state index in [1.165, 1.54) is 28.8 Å². The molecule has 0 unspecified atom stereocenters. The van der Waals surface area contributed by atoms with Crippen molar-refractivity contribution in [2.45, 2.75) is 63.2 Å². The summed E-state index contributed by atoms with van der Waals surface area (Å²) in [5.41, 5.74) is 5.07. The number of sulfonamides is 1. The standard InChI is InChI=1S/C21H29N3O3S/c1-2-3-4-9-17-10-8-13-20(17)22-23-21(25)18-11-7-12-19(16-18)28(26,27)24-14-5-6-15-24/h7,10-12,16H,2-6,8-9,13-15H2,1H3,(H,23,25)/b22-20-. The van der Waals surface area contributed by atoms with Gasteiger partial charge in [-0.1, -0.05) is 31.9 Å². The molecule has 1 amide bonds. The second-order valence-corrected chi connectivity index (χ2v) is 9.30. The van der Waals surface area contributed by atoms with Crippen molar-refractivity contribution in [3.8, 4) is 0 Å². The Labute approximate surface area is 167 Å². The summed E-state index contributed by atoms with van der Waals surface area (Å²) in [7, 11) is -3.54. The van der Waals surface area contributed by atoms with Gasteiger partial charge in [0.1, 0.15) is 0 Å². The van der Waals surface area contributed by atoms with Crippen LogP contribution < -0.4 is 5.43 Å². The first kappa shape index (κ1) is 20.7. The van der Waals surface area contributed by atoms with Gasteiger partial charge in [0.25, 0.3) is 5.91 Å². The van der Waals surface area contributed by atoms with Gasteiger partial charge in [-0.3, -0.25) is 4.79 Å². The van der Waals surface area contributed by atoms with Crippen LogP contribution in [0, 0.1) is 0 Å². The lowest BCUT2D eigenvalue weighted by molar-refractivity contribution is 0.0954. The molecule has 1 heterocycles. The first-order valence-electron chi connectivity index (χ1n) is 10.2. The van der Waals surface area contributed by atoms with Gasteiger partial charge in [0.15, 0.2) is 0 Å². The molecule has 0 saturated carbocycles. The highest BCUT2D eigenvalue weighted by molar-refractivity contribution is 7.89. The molecular weight excluding hydrogens is 374 g/mol. The molecular formula is C21H29N3O3S. The highest BCUT2D eigenvalue weighted by atomic mass is 32.2. The van der Waals surface area contributed by atoms with Crippen molar-refractivity contribution < 1.29 is 13.2 Å². The molecule has 3 rings (SSSR count). The van der Waals surface area contributed by atoms with Gasteiger partial charge in [-0.15, -0.1) is 0 Å². The Bertz CT molecular complexity index is 869. The lowest BCUT2D eigenvalue weighted by atomic mass is 10.1. The number of allylic oxidation sites excluding steroid dienone is 2. The van der Waals surface area contributed by atoms with Crippen molar-refractivity contribution in [3.05, 3.63) is 41.5 Å². The van der Waals surface area contributed by atoms with E-state index >= 15 is 0 Å². The Balaban J connectivity index is 1.67. The summed E-state index contributed by atoms with van der Waals surface area (Å²) >= 11 is 0. The maximum atomic E-state index is 12.7. The molecule has 0 spiro atoms. The third-order valence-electron chi connectivity index (χ3n) is 5.28. The SMILES string of the molecule is CCCCCC1=CCC/C1=N/NC(=O)c1cccc(S(=O)(=O)N2CCCC2)c1. The quantitative estimate of drug-likeness (QED) is 0.529. The Kier molecular flexibility index (Phi) is 7.02. The van der Waals surface area contributed by atoms with Crippen molar-refractivity contribution >= 4 is 21.6 Å². The fraction of sp³-hybridized carbons (Fsp3) is 0.524. The number of benzene rings is 1. The van der Waals surface area contributed by atoms with Crippen LogP contribution in [0.2, 0.25) is 0 Å². The van der Waals surface area contributed by atoms with Crippen molar-refractivity contribution in [2.75, 3.05) is 13.1 Å². The third kappa shape index (κ3) is 4.89. The Morgan fingerprint density at radius 2 is 2.00 bits per heavy atom. The van der Waals surface area contributed by atoms with Crippen LogP contribution in [0.15, 0.2) is 45.9 Å². The molecule has 7 heteroatoms. The van der Waals surface area contributed by atoms with Gasteiger partial charge >= 0.3 is 0 Å². The molecule has 2 aliphatic rings. The molecule has 0 atom stereocenters. The van der Waals surface area contributed by atoms with Gasteiger partial charge in [0.2, 0.25) is 10.0 Å². The number of carbonyl (C=O) groups excluding carboxylic acids is 1. The number of unbranched alkanes of at least 4 members (excludes halogenated alkanes) is 2. The molecule has 1 aliphatic heterocycles. The van der Waals surface area contributed by atoms with Gasteiger partial charge in [-0.25, -0.2) is 13.8 Å². The number of amides is 1. The summed E-state index contributed by atoms with van der Waals surface area (Å²) in [4.78, 5) is 12.7. The number of nitrogens with one attached hydrogen (secondary N) is 1. The minimum absolute atomic E-state index is 0.163. The summed E-state index contributed by atoms with van der Waals surface area (Å²) in [6.07, 6.45) is 10.2. The smallest absolute Gasteiger partial charge is 0.267 e. The molecule has 152 valence electrons. The Morgan fingerprint density at radius 3 is 2.75 bits per heavy atom. The highest BCUT2D eigenvalue weighted by Crippen LogP contribution is 2.22. The van der Waals surface area contributed by atoms with Gasteiger partial charge in [0.05, 0.1) is 10.6 Å². The van der Waals surface area contributed by atoms with E-state index in [0.29, 0.717) is 18.7 Å². The lowest BCUT2D eigenvalue weighted by Gasteiger charge is -2.15. The summed E-state index contributed by atoms with van der Waals surface area (Å²) in [5, 5.41) is 4.32. The van der Waals surface area contributed by atoms with Crippen molar-refractivity contribution in [2.24, 2.45) is 5.10 Å². The number of nitrogens with zero attached hydrogens (tertiary/aromatic N) is 2. The molecule has 1 aromatic carbocycles. The number of rotatable bonds is 8. The Morgan fingerprint density at radius 1 is 1.21 bits per heavy atom. The zero-order valence-corrected chi connectivity index (χ0v) is 17.3. The molecule has 0 radical (unpaired) electrons. The van der Waals surface area contributed by atoms with Crippen LogP contribution in [-0.2, 0) is 10.0 Å². The number of hydrogen-bond donors (Lipinski definition) is 1. The molecule has 1 aromatic rings. The lowest BCUT2D eigenvalue weighted by Crippen LogP contribution is -2.28. The summed E-state index contributed by atoms with van der Waals surface area (Å²) in [5.74, 6) is -0.384. The second kappa shape index (κ2) is 9.47. The van der Waals surface area contributed by atoms with E-state index in [0.717, 1.165) is 44.2 Å². The van der Waals surface area contributed by atoms with Crippen LogP contribution in [0.3, 0.4) is 0 Å². The molecule has 0 bridgehead atoms. The number of hydrazone groups is 1. The van der Waals surface area contributed by atoms with Crippen LogP contribution in [0.4, 0.5) is 0 Å². The topological polar surface area (TPSA) is 78.8 Å². The largest absolute Gasteiger partial charge is 0.271 e. The zero-order valence-electron chi connectivity index (χ0n) is 16.5. The summed E-state index contributed by atoms with van der Waals surface area (Å²) < 4.78 is 26.9. The van der Waals surface area contributed by atoms with E-state index in [1.807, 2.05) is 0 Å². The Hall–Kier alpha value is -1.99. The van der Waals surface area contributed by atoms with E-state index in [9.17, 15) is 13.2 Å². The predicted octanol–water partition coefficient (Wildman–Crippen LogP) is 3.86. The van der Waals surface area contributed by atoms with Crippen LogP contribution in [0.5, 0.6) is 0 Å². The molecule has 1 aliphatic carbocycles. The van der Waals surface area contributed by atoms with Gasteiger partial charge < -0.3 is 0 Å². The van der Waals surface area contributed by atoms with Crippen molar-refractivity contribution in [1.82, 2.24) is 9.73 Å². The average Bonchev–Trinajstić information content (AvgIpc) is 3.39. The fourth-order valence-electron chi connectivity index (χ4n) is 3.66. The molecule has 1 N–H and O–H groups in total. The maximum Gasteiger partial charge on any atom is 0.271 e. The fourth-order valence-corrected chi connectivity index (χ4v) is 5.22. The predicted molar refractivity (Wildman–Crippen MR) is 111 cm³/mol. The van der Waals surface area contributed by atoms with Gasteiger partial charge in [-0.2, -0.15) is 9.41 Å². The molecule has 1 fully saturated rings. The van der Waals surface area contributed by atoms with E-state index in [2.05, 4.69) is 23.5 Å². The molecule has 1 saturated heterocycles. The normalized spacial score (nSPS) is 19.2. The van der Waals surface area contributed by atoms with E-state index in [1.54, 1.807) is 18.2 Å². The van der Waals surface area contributed by atoms with E-state index in [-0.39, 0.29) is 10.8 Å². The second-order valence-electron chi connectivity index (χ2n) is 7.36. The average molecular weight is 404 g/mol. The third-order valence-corrected chi connectivity index (χ3v) is 7.18. The first-order valence-corrected chi connectivity index (χ1v) is 11.6. The highest BCUT2D eigenvalue weighted by Gasteiger charge is 2.27. The minimum Gasteiger partial charge on any atom is -0.267 e. The first-order chi connectivity index (χ1) is 13.5. The minimum atomic E-state index is -3.54. The van der Waals surface area contributed by atoms with E-state index in [4.69, 9.17) is 0 Å². The van der Waals surface area contributed by atoms with Crippen LogP contribution in [0.25, 0.3) is 0 Å². The van der Waals surface area contributed by atoms with Crippen molar-refractivity contribution in [3.63, 3.8) is 0 Å². The summed E-state index contributed by atoms with van der Waals surface area (Å²) in [6.45, 7) is 3.26. The molecule has 6 nitrogen and oxygen atoms in total. The number of carbonyl (C=O) groups is 1. The van der Waals surface area contributed by atoms with Crippen molar-refractivity contribution in [1.29, 1.82) is 0 Å². The van der Waals surface area contributed by atoms with Crippen LogP contribution in [0.1, 0.15) is 68.6 Å². The number of hydrogen-bond acceptors (Lipinski definition) is 4. The molecule has 28 heavy (non-hydrogen) atoms. The van der Waals surface area contributed by atoms with Crippen LogP contribution >= 0.6 is 0 Å². The monoisotopic (exact) mass is 403 g/mol. The van der Waals surface area contributed by atoms with Gasteiger partial charge in [0, 0.05) is 18.7 Å².